The Bertz CT molecular complexity index is 1220. The summed E-state index contributed by atoms with van der Waals surface area (Å²) in [6.07, 6.45) is 0.770. The fourth-order valence-corrected chi connectivity index (χ4v) is 4.54. The lowest BCUT2D eigenvalue weighted by molar-refractivity contribution is -0.141. The number of aliphatic carboxylic acids is 1. The number of benzene rings is 2. The van der Waals surface area contributed by atoms with Gasteiger partial charge in [0.05, 0.1) is 24.0 Å². The summed E-state index contributed by atoms with van der Waals surface area (Å²) in [5, 5.41) is 16.1. The third-order valence-electron chi connectivity index (χ3n) is 6.46. The molecular formula is C26H28N4O5. The fraction of sp³-hybridized carbons (Fsp3) is 0.308. The number of carbonyl (C=O) groups excluding carboxylic acids is 2. The maximum absolute atomic E-state index is 13.0. The summed E-state index contributed by atoms with van der Waals surface area (Å²) in [6.45, 7) is 3.57. The highest BCUT2D eigenvalue weighted by Gasteiger charge is 2.30. The van der Waals surface area contributed by atoms with Gasteiger partial charge in [0.2, 0.25) is 0 Å². The van der Waals surface area contributed by atoms with Crippen LogP contribution in [-0.4, -0.2) is 57.0 Å². The molecule has 0 saturated carbocycles. The number of amides is 2. The van der Waals surface area contributed by atoms with Crippen molar-refractivity contribution in [3.8, 4) is 11.1 Å². The van der Waals surface area contributed by atoms with Gasteiger partial charge in [0.25, 0.3) is 5.91 Å². The number of rotatable bonds is 8. The number of carbonyl (C=O) groups is 3. The second kappa shape index (κ2) is 10.0. The van der Waals surface area contributed by atoms with Crippen molar-refractivity contribution in [2.75, 3.05) is 13.2 Å². The number of nitrogens with zero attached hydrogens (tertiary/aromatic N) is 3. The van der Waals surface area contributed by atoms with Crippen LogP contribution in [0.5, 0.6) is 0 Å². The van der Waals surface area contributed by atoms with E-state index in [1.54, 1.807) is 14.0 Å². The van der Waals surface area contributed by atoms with Crippen LogP contribution >= 0.6 is 0 Å². The molecule has 0 fully saturated rings. The Morgan fingerprint density at radius 2 is 1.71 bits per heavy atom. The molecule has 2 N–H and O–H groups in total. The van der Waals surface area contributed by atoms with Gasteiger partial charge < -0.3 is 20.1 Å². The van der Waals surface area contributed by atoms with Crippen molar-refractivity contribution in [3.05, 3.63) is 77.1 Å². The summed E-state index contributed by atoms with van der Waals surface area (Å²) in [7, 11) is 1.66. The van der Waals surface area contributed by atoms with Crippen molar-refractivity contribution >= 4 is 18.0 Å². The Labute approximate surface area is 203 Å². The number of fused-ring (bicyclic) bond motifs is 3. The molecule has 1 atom stereocenters. The molecule has 3 aromatic rings. The van der Waals surface area contributed by atoms with Crippen molar-refractivity contribution in [2.45, 2.75) is 32.4 Å². The molecular weight excluding hydrogens is 448 g/mol. The summed E-state index contributed by atoms with van der Waals surface area (Å²) in [4.78, 5) is 38.2. The number of aromatic nitrogens is 2. The van der Waals surface area contributed by atoms with Crippen LogP contribution in [-0.2, 0) is 23.1 Å². The van der Waals surface area contributed by atoms with E-state index in [2.05, 4.69) is 22.5 Å². The zero-order valence-electron chi connectivity index (χ0n) is 19.9. The van der Waals surface area contributed by atoms with Crippen LogP contribution < -0.4 is 5.32 Å². The molecule has 1 aliphatic rings. The average molecular weight is 477 g/mol. The molecule has 2 amide bonds. The van der Waals surface area contributed by atoms with Crippen LogP contribution in [0.2, 0.25) is 0 Å². The summed E-state index contributed by atoms with van der Waals surface area (Å²) in [6, 6.07) is 15.2. The highest BCUT2D eigenvalue weighted by atomic mass is 16.5. The molecule has 35 heavy (non-hydrogen) atoms. The van der Waals surface area contributed by atoms with Crippen LogP contribution in [0.4, 0.5) is 4.79 Å². The Morgan fingerprint density at radius 1 is 1.11 bits per heavy atom. The van der Waals surface area contributed by atoms with Crippen LogP contribution in [0.1, 0.15) is 46.9 Å². The van der Waals surface area contributed by atoms with E-state index in [0.717, 1.165) is 22.3 Å². The Hall–Kier alpha value is -4.14. The van der Waals surface area contributed by atoms with Crippen LogP contribution in [0.3, 0.4) is 0 Å². The molecule has 9 nitrogen and oxygen atoms in total. The van der Waals surface area contributed by atoms with Gasteiger partial charge in [0.15, 0.2) is 0 Å². The van der Waals surface area contributed by atoms with Crippen LogP contribution in [0, 0.1) is 0 Å². The SMILES string of the molecule is CCN(C(=O)c1cnn(C)c1CNC(=O)OCC1c2ccccc2-c2ccccc21)C(C)C(=O)O. The number of carboxylic acids is 1. The van der Waals surface area contributed by atoms with E-state index in [4.69, 9.17) is 4.74 Å². The molecule has 9 heteroatoms. The molecule has 4 rings (SSSR count). The van der Waals surface area contributed by atoms with Gasteiger partial charge in [-0.2, -0.15) is 5.10 Å². The first-order chi connectivity index (χ1) is 16.8. The first kappa shape index (κ1) is 24.0. The topological polar surface area (TPSA) is 114 Å². The largest absolute Gasteiger partial charge is 0.480 e. The molecule has 2 aromatic carbocycles. The minimum absolute atomic E-state index is 0.00720. The predicted octanol–water partition coefficient (Wildman–Crippen LogP) is 3.39. The number of aryl methyl sites for hydroxylation is 1. The number of nitrogens with one attached hydrogen (secondary N) is 1. The van der Waals surface area contributed by atoms with Crippen molar-refractivity contribution in [2.24, 2.45) is 7.05 Å². The first-order valence-electron chi connectivity index (χ1n) is 11.5. The minimum atomic E-state index is -1.09. The highest BCUT2D eigenvalue weighted by molar-refractivity contribution is 5.97. The fourth-order valence-electron chi connectivity index (χ4n) is 4.54. The minimum Gasteiger partial charge on any atom is -0.480 e. The van der Waals surface area contributed by atoms with Crippen molar-refractivity contribution in [3.63, 3.8) is 0 Å². The highest BCUT2D eigenvalue weighted by Crippen LogP contribution is 2.44. The second-order valence-electron chi connectivity index (χ2n) is 8.41. The molecule has 0 radical (unpaired) electrons. The van der Waals surface area contributed by atoms with Crippen molar-refractivity contribution in [1.82, 2.24) is 20.0 Å². The number of alkyl carbamates (subject to hydrolysis) is 1. The third kappa shape index (κ3) is 4.62. The zero-order valence-corrected chi connectivity index (χ0v) is 19.9. The number of carboxylic acid groups (broad SMARTS) is 1. The van der Waals surface area contributed by atoms with Crippen molar-refractivity contribution < 1.29 is 24.2 Å². The lowest BCUT2D eigenvalue weighted by atomic mass is 9.98. The standard InChI is InChI=1S/C26H28N4O5/c1-4-30(16(2)25(32)33)24(31)21-13-28-29(3)23(21)14-27-26(34)35-15-22-19-11-7-5-9-17(19)18-10-6-8-12-20(18)22/h5-13,16,22H,4,14-15H2,1-3H3,(H,27,34)(H,32,33). The average Bonchev–Trinajstić information content (AvgIpc) is 3.39. The van der Waals surface area contributed by atoms with Gasteiger partial charge in [0.1, 0.15) is 12.6 Å². The number of hydrogen-bond donors (Lipinski definition) is 2. The lowest BCUT2D eigenvalue weighted by Gasteiger charge is -2.25. The second-order valence-corrected chi connectivity index (χ2v) is 8.41. The lowest BCUT2D eigenvalue weighted by Crippen LogP contribution is -2.43. The monoisotopic (exact) mass is 476 g/mol. The van der Waals surface area contributed by atoms with Gasteiger partial charge in [-0.15, -0.1) is 0 Å². The molecule has 0 bridgehead atoms. The molecule has 1 aliphatic carbocycles. The van der Waals surface area contributed by atoms with Gasteiger partial charge in [-0.25, -0.2) is 9.59 Å². The van der Waals surface area contributed by atoms with Crippen LogP contribution in [0.25, 0.3) is 11.1 Å². The van der Waals surface area contributed by atoms with E-state index < -0.39 is 24.0 Å². The molecule has 0 saturated heterocycles. The first-order valence-corrected chi connectivity index (χ1v) is 11.5. The predicted molar refractivity (Wildman–Crippen MR) is 129 cm³/mol. The van der Waals surface area contributed by atoms with E-state index in [-0.39, 0.29) is 31.2 Å². The van der Waals surface area contributed by atoms with Crippen molar-refractivity contribution in [1.29, 1.82) is 0 Å². The maximum Gasteiger partial charge on any atom is 0.407 e. The summed E-state index contributed by atoms with van der Waals surface area (Å²) < 4.78 is 7.05. The maximum atomic E-state index is 13.0. The van der Waals surface area contributed by atoms with E-state index in [9.17, 15) is 19.5 Å². The Morgan fingerprint density at radius 3 is 2.29 bits per heavy atom. The van der Waals surface area contributed by atoms with Gasteiger partial charge in [-0.1, -0.05) is 48.5 Å². The molecule has 1 heterocycles. The number of hydrogen-bond acceptors (Lipinski definition) is 5. The summed E-state index contributed by atoms with van der Waals surface area (Å²) in [5.74, 6) is -1.61. The molecule has 1 unspecified atom stereocenters. The number of ether oxygens (including phenoxy) is 1. The Balaban J connectivity index is 1.42. The summed E-state index contributed by atoms with van der Waals surface area (Å²) in [5.41, 5.74) is 5.22. The van der Waals surface area contributed by atoms with Gasteiger partial charge in [-0.3, -0.25) is 9.48 Å². The smallest absolute Gasteiger partial charge is 0.407 e. The number of likely N-dealkylation sites (N-methyl/N-ethyl adjacent to an activating group) is 1. The van der Waals surface area contributed by atoms with Gasteiger partial charge >= 0.3 is 12.1 Å². The normalized spacial score (nSPS) is 13.0. The zero-order chi connectivity index (χ0) is 25.1. The van der Waals surface area contributed by atoms with E-state index in [1.165, 1.54) is 22.7 Å². The van der Waals surface area contributed by atoms with E-state index >= 15 is 0 Å². The summed E-state index contributed by atoms with van der Waals surface area (Å²) >= 11 is 0. The molecule has 182 valence electrons. The molecule has 1 aromatic heterocycles. The van der Waals surface area contributed by atoms with Crippen LogP contribution in [0.15, 0.2) is 54.7 Å². The van der Waals surface area contributed by atoms with E-state index in [0.29, 0.717) is 5.69 Å². The quantitative estimate of drug-likeness (QED) is 0.515. The Kier molecular flexibility index (Phi) is 6.86. The third-order valence-corrected chi connectivity index (χ3v) is 6.46. The molecule has 0 aliphatic heterocycles. The van der Waals surface area contributed by atoms with Gasteiger partial charge in [0, 0.05) is 19.5 Å². The van der Waals surface area contributed by atoms with E-state index in [1.807, 2.05) is 36.4 Å². The van der Waals surface area contributed by atoms with Gasteiger partial charge in [-0.05, 0) is 36.1 Å². The molecule has 0 spiro atoms.